The number of amides is 1. The van der Waals surface area contributed by atoms with Gasteiger partial charge in [-0.15, -0.1) is 0 Å². The van der Waals surface area contributed by atoms with Crippen LogP contribution in [-0.2, 0) is 4.79 Å². The summed E-state index contributed by atoms with van der Waals surface area (Å²) in [6.07, 6.45) is 4.06. The van der Waals surface area contributed by atoms with Crippen LogP contribution in [0.1, 0.15) is 32.6 Å². The van der Waals surface area contributed by atoms with Gasteiger partial charge < -0.3 is 16.0 Å². The van der Waals surface area contributed by atoms with Gasteiger partial charge in [0, 0.05) is 12.6 Å². The van der Waals surface area contributed by atoms with Gasteiger partial charge in [-0.05, 0) is 51.7 Å². The number of nitrogens with zero attached hydrogens (tertiary/aromatic N) is 1. The van der Waals surface area contributed by atoms with E-state index < -0.39 is 0 Å². The molecule has 4 heteroatoms. The average Bonchev–Trinajstić information content (AvgIpc) is 2.27. The number of carbonyl (C=O) groups excluding carboxylic acids is 1. The van der Waals surface area contributed by atoms with Crippen molar-refractivity contribution in [3.63, 3.8) is 0 Å². The molecule has 2 rings (SSSR count). The molecule has 3 N–H and O–H groups in total. The van der Waals surface area contributed by atoms with Crippen LogP contribution >= 0.6 is 0 Å². The van der Waals surface area contributed by atoms with Crippen LogP contribution in [-0.4, -0.2) is 43.5 Å². The first kappa shape index (κ1) is 12.8. The summed E-state index contributed by atoms with van der Waals surface area (Å²) < 4.78 is 0. The van der Waals surface area contributed by atoms with Crippen LogP contribution in [0, 0.1) is 11.3 Å². The summed E-state index contributed by atoms with van der Waals surface area (Å²) in [4.78, 5) is 14.6. The molecule has 98 valence electrons. The highest BCUT2D eigenvalue weighted by molar-refractivity contribution is 5.84. The number of piperidine rings is 1. The minimum atomic E-state index is -0.247. The summed E-state index contributed by atoms with van der Waals surface area (Å²) in [5, 5.41) is 3.21. The molecule has 1 amide bonds. The number of hydrogen-bond donors (Lipinski definition) is 2. The number of nitrogens with one attached hydrogen (secondary N) is 1. The maximum absolute atomic E-state index is 12.3. The Kier molecular flexibility index (Phi) is 3.73. The molecule has 1 heterocycles. The van der Waals surface area contributed by atoms with Crippen molar-refractivity contribution in [1.82, 2.24) is 10.2 Å². The lowest BCUT2D eigenvalue weighted by molar-refractivity contribution is -0.139. The minimum absolute atomic E-state index is 0.202. The van der Waals surface area contributed by atoms with Crippen molar-refractivity contribution in [2.45, 2.75) is 38.6 Å². The number of likely N-dealkylation sites (tertiary alicyclic amines) is 1. The number of nitrogens with two attached hydrogens (primary N) is 1. The Labute approximate surface area is 104 Å². The zero-order chi connectivity index (χ0) is 12.5. The Morgan fingerprint density at radius 3 is 2.47 bits per heavy atom. The van der Waals surface area contributed by atoms with E-state index in [0.717, 1.165) is 38.8 Å². The summed E-state index contributed by atoms with van der Waals surface area (Å²) in [5.74, 6) is 0.856. The fraction of sp³-hybridized carbons (Fsp3) is 0.923. The fourth-order valence-corrected chi connectivity index (χ4v) is 3.21. The summed E-state index contributed by atoms with van der Waals surface area (Å²) in [5.41, 5.74) is 5.54. The molecular weight excluding hydrogens is 214 g/mol. The molecule has 0 unspecified atom stereocenters. The van der Waals surface area contributed by atoms with E-state index in [4.69, 9.17) is 5.73 Å². The van der Waals surface area contributed by atoms with Gasteiger partial charge in [0.2, 0.25) is 5.91 Å². The summed E-state index contributed by atoms with van der Waals surface area (Å²) in [6, 6.07) is 0.359. The Morgan fingerprint density at radius 2 is 2.00 bits per heavy atom. The molecule has 0 aromatic carbocycles. The van der Waals surface area contributed by atoms with Gasteiger partial charge in [0.05, 0.1) is 5.41 Å². The van der Waals surface area contributed by atoms with Crippen molar-refractivity contribution >= 4 is 5.91 Å². The lowest BCUT2D eigenvalue weighted by Crippen LogP contribution is -2.56. The van der Waals surface area contributed by atoms with Gasteiger partial charge in [-0.2, -0.15) is 0 Å². The van der Waals surface area contributed by atoms with E-state index in [1.807, 2.05) is 0 Å². The smallest absolute Gasteiger partial charge is 0.227 e. The van der Waals surface area contributed by atoms with Crippen LogP contribution in [0.4, 0.5) is 0 Å². The Morgan fingerprint density at radius 1 is 1.41 bits per heavy atom. The lowest BCUT2D eigenvalue weighted by Gasteiger charge is -2.45. The van der Waals surface area contributed by atoms with Crippen LogP contribution in [0.25, 0.3) is 0 Å². The molecule has 17 heavy (non-hydrogen) atoms. The van der Waals surface area contributed by atoms with Crippen molar-refractivity contribution in [3.05, 3.63) is 0 Å². The molecule has 1 saturated heterocycles. The Balaban J connectivity index is 1.84. The van der Waals surface area contributed by atoms with E-state index in [1.165, 1.54) is 0 Å². The van der Waals surface area contributed by atoms with Crippen molar-refractivity contribution in [2.75, 3.05) is 26.7 Å². The molecule has 2 fully saturated rings. The van der Waals surface area contributed by atoms with E-state index >= 15 is 0 Å². The predicted molar refractivity (Wildman–Crippen MR) is 68.5 cm³/mol. The first-order chi connectivity index (χ1) is 8.05. The zero-order valence-corrected chi connectivity index (χ0v) is 11.0. The summed E-state index contributed by atoms with van der Waals surface area (Å²) >= 11 is 0. The maximum atomic E-state index is 12.3. The molecule has 1 aliphatic carbocycles. The molecule has 0 bridgehead atoms. The van der Waals surface area contributed by atoms with Crippen LogP contribution < -0.4 is 11.1 Å². The SMILES string of the molecule is CC1CC(CN)(C(=O)NC2CCN(C)CC2)C1. The molecule has 1 aliphatic heterocycles. The minimum Gasteiger partial charge on any atom is -0.353 e. The highest BCUT2D eigenvalue weighted by Gasteiger charge is 2.47. The van der Waals surface area contributed by atoms with Crippen molar-refractivity contribution in [1.29, 1.82) is 0 Å². The molecule has 0 aromatic heterocycles. The number of hydrogen-bond acceptors (Lipinski definition) is 3. The van der Waals surface area contributed by atoms with Crippen LogP contribution in [0.3, 0.4) is 0 Å². The van der Waals surface area contributed by atoms with E-state index in [1.54, 1.807) is 0 Å². The van der Waals surface area contributed by atoms with E-state index in [-0.39, 0.29) is 11.3 Å². The van der Waals surface area contributed by atoms with Crippen LogP contribution in [0.2, 0.25) is 0 Å². The molecule has 0 aromatic rings. The van der Waals surface area contributed by atoms with Gasteiger partial charge in [-0.3, -0.25) is 4.79 Å². The van der Waals surface area contributed by atoms with Gasteiger partial charge in [0.15, 0.2) is 0 Å². The fourth-order valence-electron chi connectivity index (χ4n) is 3.21. The highest BCUT2D eigenvalue weighted by atomic mass is 16.2. The standard InChI is InChI=1S/C13H25N3O/c1-10-7-13(8-10,9-14)12(17)15-11-3-5-16(2)6-4-11/h10-11H,3-9,14H2,1-2H3,(H,15,17). The maximum Gasteiger partial charge on any atom is 0.227 e. The average molecular weight is 239 g/mol. The molecule has 0 radical (unpaired) electrons. The third kappa shape index (κ3) is 2.63. The molecule has 1 saturated carbocycles. The second-order valence-corrected chi connectivity index (χ2v) is 6.05. The molecule has 4 nitrogen and oxygen atoms in total. The third-order valence-electron chi connectivity index (χ3n) is 4.40. The summed E-state index contributed by atoms with van der Waals surface area (Å²) in [6.45, 7) is 4.85. The first-order valence-electron chi connectivity index (χ1n) is 6.75. The second kappa shape index (κ2) is 4.94. The molecular formula is C13H25N3O. The Bertz CT molecular complexity index is 278. The van der Waals surface area contributed by atoms with Crippen LogP contribution in [0.15, 0.2) is 0 Å². The quantitative estimate of drug-likeness (QED) is 0.757. The van der Waals surface area contributed by atoms with E-state index in [9.17, 15) is 4.79 Å². The van der Waals surface area contributed by atoms with E-state index in [0.29, 0.717) is 18.5 Å². The molecule has 0 atom stereocenters. The first-order valence-corrected chi connectivity index (χ1v) is 6.75. The topological polar surface area (TPSA) is 58.4 Å². The largest absolute Gasteiger partial charge is 0.353 e. The third-order valence-corrected chi connectivity index (χ3v) is 4.40. The number of carbonyl (C=O) groups is 1. The number of rotatable bonds is 3. The normalized spacial score (nSPS) is 35.4. The van der Waals surface area contributed by atoms with Gasteiger partial charge in [-0.25, -0.2) is 0 Å². The van der Waals surface area contributed by atoms with Gasteiger partial charge in [0.1, 0.15) is 0 Å². The van der Waals surface area contributed by atoms with Crippen molar-refractivity contribution in [2.24, 2.45) is 17.1 Å². The van der Waals surface area contributed by atoms with Gasteiger partial charge in [-0.1, -0.05) is 6.92 Å². The summed E-state index contributed by atoms with van der Waals surface area (Å²) in [7, 11) is 2.13. The Hall–Kier alpha value is -0.610. The van der Waals surface area contributed by atoms with Crippen LogP contribution in [0.5, 0.6) is 0 Å². The second-order valence-electron chi connectivity index (χ2n) is 6.05. The predicted octanol–water partition coefficient (Wildman–Crippen LogP) is 0.572. The van der Waals surface area contributed by atoms with Crippen molar-refractivity contribution in [3.8, 4) is 0 Å². The highest BCUT2D eigenvalue weighted by Crippen LogP contribution is 2.44. The molecule has 0 spiro atoms. The van der Waals surface area contributed by atoms with E-state index in [2.05, 4.69) is 24.2 Å². The lowest BCUT2D eigenvalue weighted by atomic mass is 9.62. The monoisotopic (exact) mass is 239 g/mol. The zero-order valence-electron chi connectivity index (χ0n) is 11.0. The van der Waals surface area contributed by atoms with Crippen molar-refractivity contribution < 1.29 is 4.79 Å². The van der Waals surface area contributed by atoms with Gasteiger partial charge >= 0.3 is 0 Å². The van der Waals surface area contributed by atoms with Gasteiger partial charge in [0.25, 0.3) is 0 Å². The molecule has 2 aliphatic rings.